The van der Waals surface area contributed by atoms with Crippen LogP contribution in [-0.2, 0) is 0 Å². The lowest BCUT2D eigenvalue weighted by Gasteiger charge is -2.23. The highest BCUT2D eigenvalue weighted by atomic mass is 16.2. The third-order valence-corrected chi connectivity index (χ3v) is 3.39. The van der Waals surface area contributed by atoms with Gasteiger partial charge in [0.15, 0.2) is 0 Å². The molecule has 0 unspecified atom stereocenters. The Bertz CT molecular complexity index is 821. The van der Waals surface area contributed by atoms with Gasteiger partial charge in [0.05, 0.1) is 5.69 Å². The number of carbonyl (C=O) groups excluding carboxylic acids is 2. The lowest BCUT2D eigenvalue weighted by molar-refractivity contribution is 0.0887. The van der Waals surface area contributed by atoms with Gasteiger partial charge in [-0.25, -0.2) is 5.01 Å². The van der Waals surface area contributed by atoms with Gasteiger partial charge in [0.2, 0.25) is 0 Å². The molecule has 2 aromatic carbocycles. The van der Waals surface area contributed by atoms with Crippen LogP contribution < -0.4 is 10.4 Å². The third kappa shape index (κ3) is 3.47. The molecule has 0 aliphatic rings. The fourth-order valence-electron chi connectivity index (χ4n) is 2.19. The monoisotopic (exact) mass is 317 g/mol. The van der Waals surface area contributed by atoms with E-state index < -0.39 is 0 Å². The number of amides is 2. The summed E-state index contributed by atoms with van der Waals surface area (Å²) in [6.07, 6.45) is 3.13. The Morgan fingerprint density at radius 1 is 0.750 bits per heavy atom. The number of hydrogen-bond donors (Lipinski definition) is 1. The summed E-state index contributed by atoms with van der Waals surface area (Å²) in [6.45, 7) is 0. The van der Waals surface area contributed by atoms with Crippen molar-refractivity contribution in [1.29, 1.82) is 0 Å². The Morgan fingerprint density at radius 3 is 1.88 bits per heavy atom. The molecule has 1 heterocycles. The molecule has 0 bridgehead atoms. The highest BCUT2D eigenvalue weighted by Gasteiger charge is 2.20. The van der Waals surface area contributed by atoms with E-state index in [0.29, 0.717) is 16.8 Å². The fraction of sp³-hybridized carbons (Fsp3) is 0. The molecule has 3 rings (SSSR count). The summed E-state index contributed by atoms with van der Waals surface area (Å²) in [5, 5.41) is 1.23. The lowest BCUT2D eigenvalue weighted by atomic mass is 10.2. The van der Waals surface area contributed by atoms with Crippen molar-refractivity contribution in [2.24, 2.45) is 0 Å². The van der Waals surface area contributed by atoms with E-state index in [4.69, 9.17) is 0 Å². The van der Waals surface area contributed by atoms with E-state index in [2.05, 4.69) is 10.4 Å². The maximum absolute atomic E-state index is 12.8. The van der Waals surface area contributed by atoms with Crippen LogP contribution in [0.1, 0.15) is 20.7 Å². The van der Waals surface area contributed by atoms with Crippen molar-refractivity contribution in [2.75, 3.05) is 5.01 Å². The van der Waals surface area contributed by atoms with Crippen LogP contribution in [0, 0.1) is 0 Å². The molecular formula is C19H15N3O2. The minimum atomic E-state index is -0.364. The molecule has 0 aliphatic carbocycles. The normalized spacial score (nSPS) is 10.0. The summed E-state index contributed by atoms with van der Waals surface area (Å²) in [5.41, 5.74) is 4.14. The number of nitrogens with zero attached hydrogens (tertiary/aromatic N) is 2. The number of hydrogen-bond acceptors (Lipinski definition) is 3. The van der Waals surface area contributed by atoms with Crippen molar-refractivity contribution >= 4 is 17.5 Å². The van der Waals surface area contributed by atoms with Crippen LogP contribution in [0.5, 0.6) is 0 Å². The van der Waals surface area contributed by atoms with Gasteiger partial charge in [-0.2, -0.15) is 0 Å². The summed E-state index contributed by atoms with van der Waals surface area (Å²) >= 11 is 0. The minimum absolute atomic E-state index is 0.328. The van der Waals surface area contributed by atoms with Gasteiger partial charge in [-0.3, -0.25) is 20.0 Å². The molecule has 0 spiro atoms. The van der Waals surface area contributed by atoms with Crippen LogP contribution in [0.15, 0.2) is 85.2 Å². The zero-order chi connectivity index (χ0) is 16.8. The van der Waals surface area contributed by atoms with Gasteiger partial charge in [-0.1, -0.05) is 36.4 Å². The van der Waals surface area contributed by atoms with E-state index in [9.17, 15) is 9.59 Å². The summed E-state index contributed by atoms with van der Waals surface area (Å²) in [6, 6.07) is 20.8. The zero-order valence-corrected chi connectivity index (χ0v) is 12.8. The Kier molecular flexibility index (Phi) is 4.62. The molecule has 5 nitrogen and oxygen atoms in total. The standard InChI is InChI=1S/C19H15N3O2/c23-18(15-7-3-1-4-8-15)21-22(17-11-13-20-14-12-17)19(24)16-9-5-2-6-10-16/h1-14H,(H,21,23). The Hall–Kier alpha value is -3.47. The maximum atomic E-state index is 12.8. The van der Waals surface area contributed by atoms with Crippen LogP contribution in [0.2, 0.25) is 0 Å². The summed E-state index contributed by atoms with van der Waals surface area (Å²) in [7, 11) is 0. The van der Waals surface area contributed by atoms with Gasteiger partial charge in [-0.15, -0.1) is 0 Å². The molecule has 118 valence electrons. The number of pyridine rings is 1. The van der Waals surface area contributed by atoms with Gasteiger partial charge < -0.3 is 0 Å². The molecular weight excluding hydrogens is 302 g/mol. The van der Waals surface area contributed by atoms with Crippen molar-refractivity contribution in [3.63, 3.8) is 0 Å². The van der Waals surface area contributed by atoms with E-state index in [1.54, 1.807) is 73.1 Å². The molecule has 2 amide bonds. The topological polar surface area (TPSA) is 62.3 Å². The Labute approximate surface area is 139 Å². The lowest BCUT2D eigenvalue weighted by Crippen LogP contribution is -2.46. The first-order valence-electron chi connectivity index (χ1n) is 7.41. The SMILES string of the molecule is O=C(NN(C(=O)c1ccccc1)c1ccncc1)c1ccccc1. The number of benzene rings is 2. The van der Waals surface area contributed by atoms with E-state index in [0.717, 1.165) is 0 Å². The van der Waals surface area contributed by atoms with E-state index in [-0.39, 0.29) is 11.8 Å². The number of aromatic nitrogens is 1. The highest BCUT2D eigenvalue weighted by molar-refractivity contribution is 6.08. The largest absolute Gasteiger partial charge is 0.277 e. The number of rotatable bonds is 3. The number of nitrogens with one attached hydrogen (secondary N) is 1. The van der Waals surface area contributed by atoms with E-state index >= 15 is 0 Å². The second-order valence-corrected chi connectivity index (χ2v) is 5.02. The molecule has 0 saturated carbocycles. The third-order valence-electron chi connectivity index (χ3n) is 3.39. The molecule has 24 heavy (non-hydrogen) atoms. The quantitative estimate of drug-likeness (QED) is 0.755. The van der Waals surface area contributed by atoms with Crippen LogP contribution in [0.3, 0.4) is 0 Å². The molecule has 0 radical (unpaired) electrons. The van der Waals surface area contributed by atoms with Gasteiger partial charge in [-0.05, 0) is 36.4 Å². The molecule has 0 aliphatic heterocycles. The first-order valence-corrected chi connectivity index (χ1v) is 7.41. The van der Waals surface area contributed by atoms with Crippen LogP contribution in [0.4, 0.5) is 5.69 Å². The molecule has 0 atom stereocenters. The molecule has 0 fully saturated rings. The maximum Gasteiger partial charge on any atom is 0.277 e. The van der Waals surface area contributed by atoms with Crippen molar-refractivity contribution in [1.82, 2.24) is 10.4 Å². The smallest absolute Gasteiger partial charge is 0.267 e. The summed E-state index contributed by atoms with van der Waals surface area (Å²) in [4.78, 5) is 29.2. The second kappa shape index (κ2) is 7.19. The summed E-state index contributed by atoms with van der Waals surface area (Å²) < 4.78 is 0. The van der Waals surface area contributed by atoms with Crippen LogP contribution in [-0.4, -0.2) is 16.8 Å². The van der Waals surface area contributed by atoms with Gasteiger partial charge >= 0.3 is 0 Å². The fourth-order valence-corrected chi connectivity index (χ4v) is 2.19. The number of hydrazine groups is 1. The van der Waals surface area contributed by atoms with Crippen molar-refractivity contribution in [2.45, 2.75) is 0 Å². The molecule has 5 heteroatoms. The molecule has 1 N–H and O–H groups in total. The second-order valence-electron chi connectivity index (χ2n) is 5.02. The van der Waals surface area contributed by atoms with Crippen LogP contribution >= 0.6 is 0 Å². The zero-order valence-electron chi connectivity index (χ0n) is 12.8. The Balaban J connectivity index is 1.91. The van der Waals surface area contributed by atoms with Crippen molar-refractivity contribution in [3.05, 3.63) is 96.3 Å². The molecule has 1 aromatic heterocycles. The predicted octanol–water partition coefficient (Wildman–Crippen LogP) is 3.07. The molecule has 3 aromatic rings. The minimum Gasteiger partial charge on any atom is -0.267 e. The van der Waals surface area contributed by atoms with Gasteiger partial charge in [0, 0.05) is 23.5 Å². The highest BCUT2D eigenvalue weighted by Crippen LogP contribution is 2.14. The van der Waals surface area contributed by atoms with Gasteiger partial charge in [0.25, 0.3) is 11.8 Å². The first kappa shape index (κ1) is 15.4. The number of carbonyl (C=O) groups is 2. The van der Waals surface area contributed by atoms with Crippen LogP contribution in [0.25, 0.3) is 0 Å². The average molecular weight is 317 g/mol. The molecule has 0 saturated heterocycles. The Morgan fingerprint density at radius 2 is 1.29 bits per heavy atom. The van der Waals surface area contributed by atoms with Gasteiger partial charge in [0.1, 0.15) is 0 Å². The van der Waals surface area contributed by atoms with Crippen molar-refractivity contribution < 1.29 is 9.59 Å². The van der Waals surface area contributed by atoms with Crippen molar-refractivity contribution in [3.8, 4) is 0 Å². The number of anilines is 1. The average Bonchev–Trinajstić information content (AvgIpc) is 2.67. The predicted molar refractivity (Wildman–Crippen MR) is 91.4 cm³/mol. The summed E-state index contributed by atoms with van der Waals surface area (Å²) in [5.74, 6) is -0.692. The van der Waals surface area contributed by atoms with E-state index in [1.165, 1.54) is 5.01 Å². The first-order chi connectivity index (χ1) is 11.8. The van der Waals surface area contributed by atoms with E-state index in [1.807, 2.05) is 12.1 Å².